The summed E-state index contributed by atoms with van der Waals surface area (Å²) in [6.07, 6.45) is 0. The Morgan fingerprint density at radius 2 is 2.00 bits per heavy atom. The Hall–Kier alpha value is -0.920. The highest BCUT2D eigenvalue weighted by atomic mass is 32.2. The van der Waals surface area contributed by atoms with Gasteiger partial charge < -0.3 is 4.74 Å². The number of morpholine rings is 1. The molecule has 2 aliphatic rings. The van der Waals surface area contributed by atoms with Crippen LogP contribution in [0.1, 0.15) is 13.8 Å². The molecular formula is C10H17N3O3S. The summed E-state index contributed by atoms with van der Waals surface area (Å²) in [6, 6.07) is 0. The van der Waals surface area contributed by atoms with E-state index in [1.54, 1.807) is 13.8 Å². The van der Waals surface area contributed by atoms with Gasteiger partial charge in [-0.1, -0.05) is 0 Å². The molecule has 96 valence electrons. The van der Waals surface area contributed by atoms with Gasteiger partial charge in [0.15, 0.2) is 0 Å². The highest BCUT2D eigenvalue weighted by Gasteiger charge is 2.22. The van der Waals surface area contributed by atoms with Crippen LogP contribution in [0.25, 0.3) is 0 Å². The smallest absolute Gasteiger partial charge is 0.342 e. The molecule has 0 aromatic rings. The zero-order chi connectivity index (χ0) is 12.5. The van der Waals surface area contributed by atoms with Crippen molar-refractivity contribution in [3.05, 3.63) is 11.3 Å². The molecule has 0 radical (unpaired) electrons. The summed E-state index contributed by atoms with van der Waals surface area (Å²) < 4.78 is 34.1. The number of rotatable bonds is 2. The van der Waals surface area contributed by atoms with Crippen LogP contribution in [0.3, 0.4) is 0 Å². The molecule has 17 heavy (non-hydrogen) atoms. The van der Waals surface area contributed by atoms with Gasteiger partial charge in [0.1, 0.15) is 0 Å². The van der Waals surface area contributed by atoms with Gasteiger partial charge in [-0.3, -0.25) is 9.62 Å². The summed E-state index contributed by atoms with van der Waals surface area (Å²) in [4.78, 5) is 2.24. The molecule has 0 amide bonds. The first kappa shape index (κ1) is 12.5. The van der Waals surface area contributed by atoms with Crippen molar-refractivity contribution in [2.24, 2.45) is 4.40 Å². The fourth-order valence-corrected chi connectivity index (χ4v) is 3.03. The molecule has 6 nitrogen and oxygen atoms in total. The summed E-state index contributed by atoms with van der Waals surface area (Å²) >= 11 is 0. The van der Waals surface area contributed by atoms with E-state index in [9.17, 15) is 8.42 Å². The minimum Gasteiger partial charge on any atom is -0.379 e. The van der Waals surface area contributed by atoms with E-state index in [-0.39, 0.29) is 0 Å². The number of nitrogens with one attached hydrogen (secondary N) is 1. The molecule has 0 saturated carbocycles. The van der Waals surface area contributed by atoms with E-state index in [1.807, 2.05) is 0 Å². The summed E-state index contributed by atoms with van der Waals surface area (Å²) in [6.45, 7) is 7.42. The maximum Gasteiger partial charge on any atom is 0.342 e. The van der Waals surface area contributed by atoms with Crippen molar-refractivity contribution in [1.29, 1.82) is 0 Å². The van der Waals surface area contributed by atoms with E-state index in [4.69, 9.17) is 4.74 Å². The maximum atomic E-state index is 11.3. The van der Waals surface area contributed by atoms with Crippen LogP contribution < -0.4 is 4.72 Å². The number of hydrogen-bond donors (Lipinski definition) is 1. The van der Waals surface area contributed by atoms with E-state index < -0.39 is 10.2 Å². The lowest BCUT2D eigenvalue weighted by Crippen LogP contribution is -2.40. The molecule has 2 heterocycles. The van der Waals surface area contributed by atoms with Crippen LogP contribution in [0.2, 0.25) is 0 Å². The van der Waals surface area contributed by atoms with E-state index >= 15 is 0 Å². The van der Waals surface area contributed by atoms with Crippen molar-refractivity contribution in [2.45, 2.75) is 13.8 Å². The van der Waals surface area contributed by atoms with Gasteiger partial charge >= 0.3 is 10.2 Å². The average Bonchev–Trinajstić information content (AvgIpc) is 2.24. The largest absolute Gasteiger partial charge is 0.379 e. The standard InChI is InChI=1S/C10H17N3O3S/c1-8-10(7-13-3-5-16-6-4-13)9(2)12-17(14,15)11-8/h11H,3-7H2,1-2H3. The minimum absolute atomic E-state index is 0.577. The van der Waals surface area contributed by atoms with Crippen LogP contribution >= 0.6 is 0 Å². The first-order valence-corrected chi connectivity index (χ1v) is 7.01. The Morgan fingerprint density at radius 3 is 2.59 bits per heavy atom. The van der Waals surface area contributed by atoms with Crippen molar-refractivity contribution in [3.8, 4) is 0 Å². The lowest BCUT2D eigenvalue weighted by molar-refractivity contribution is 0.0427. The molecule has 0 spiro atoms. The minimum atomic E-state index is -3.52. The molecule has 2 rings (SSSR count). The number of hydrogen-bond acceptors (Lipinski definition) is 4. The van der Waals surface area contributed by atoms with Gasteiger partial charge in [-0.15, -0.1) is 4.40 Å². The van der Waals surface area contributed by atoms with Crippen LogP contribution in [-0.4, -0.2) is 51.9 Å². The van der Waals surface area contributed by atoms with Crippen molar-refractivity contribution in [1.82, 2.24) is 9.62 Å². The highest BCUT2D eigenvalue weighted by molar-refractivity contribution is 7.88. The second-order valence-corrected chi connectivity index (χ2v) is 5.58. The topological polar surface area (TPSA) is 71.0 Å². The van der Waals surface area contributed by atoms with Crippen LogP contribution in [0, 0.1) is 0 Å². The third-order valence-electron chi connectivity index (χ3n) is 2.91. The van der Waals surface area contributed by atoms with Crippen LogP contribution in [-0.2, 0) is 14.9 Å². The number of nitrogens with zero attached hydrogens (tertiary/aromatic N) is 2. The van der Waals surface area contributed by atoms with Gasteiger partial charge in [-0.25, -0.2) is 0 Å². The first-order chi connectivity index (χ1) is 7.98. The molecule has 0 aliphatic carbocycles. The second kappa shape index (κ2) is 4.75. The summed E-state index contributed by atoms with van der Waals surface area (Å²) in [5.41, 5.74) is 2.21. The molecule has 1 saturated heterocycles. The molecule has 7 heteroatoms. The van der Waals surface area contributed by atoms with Crippen molar-refractivity contribution in [2.75, 3.05) is 32.8 Å². The lowest BCUT2D eigenvalue weighted by Gasteiger charge is -2.29. The molecule has 0 aromatic heterocycles. The highest BCUT2D eigenvalue weighted by Crippen LogP contribution is 2.15. The van der Waals surface area contributed by atoms with Gasteiger partial charge in [-0.2, -0.15) is 8.42 Å². The summed E-state index contributed by atoms with van der Waals surface area (Å²) in [5.74, 6) is 0. The SMILES string of the molecule is CC1=NS(=O)(=O)NC(C)=C1CN1CCOCC1. The zero-order valence-electron chi connectivity index (χ0n) is 10.1. The Bertz CT molecular complexity index is 461. The Labute approximate surface area is 102 Å². The van der Waals surface area contributed by atoms with Gasteiger partial charge in [0, 0.05) is 30.9 Å². The van der Waals surface area contributed by atoms with Crippen LogP contribution in [0.4, 0.5) is 0 Å². The monoisotopic (exact) mass is 259 g/mol. The average molecular weight is 259 g/mol. The van der Waals surface area contributed by atoms with Crippen molar-refractivity contribution >= 4 is 15.9 Å². The van der Waals surface area contributed by atoms with E-state index in [0.717, 1.165) is 31.9 Å². The number of allylic oxidation sites excluding steroid dienone is 1. The van der Waals surface area contributed by atoms with Gasteiger partial charge in [0.2, 0.25) is 0 Å². The molecular weight excluding hydrogens is 242 g/mol. The molecule has 0 atom stereocenters. The van der Waals surface area contributed by atoms with Gasteiger partial charge in [0.05, 0.1) is 18.9 Å². The van der Waals surface area contributed by atoms with Gasteiger partial charge in [-0.05, 0) is 13.8 Å². The maximum absolute atomic E-state index is 11.3. The predicted molar refractivity (Wildman–Crippen MR) is 65.1 cm³/mol. The zero-order valence-corrected chi connectivity index (χ0v) is 10.9. The predicted octanol–water partition coefficient (Wildman–Crippen LogP) is -0.0985. The normalized spacial score (nSPS) is 25.4. The molecule has 1 fully saturated rings. The van der Waals surface area contributed by atoms with E-state index in [2.05, 4.69) is 14.0 Å². The van der Waals surface area contributed by atoms with Crippen LogP contribution in [0.5, 0.6) is 0 Å². The molecule has 0 unspecified atom stereocenters. The summed E-state index contributed by atoms with van der Waals surface area (Å²) in [7, 11) is -3.52. The molecule has 0 aromatic carbocycles. The molecule has 0 bridgehead atoms. The summed E-state index contributed by atoms with van der Waals surface area (Å²) in [5, 5.41) is 0. The second-order valence-electron chi connectivity index (χ2n) is 4.25. The Morgan fingerprint density at radius 1 is 1.35 bits per heavy atom. The molecule has 2 aliphatic heterocycles. The quantitative estimate of drug-likeness (QED) is 0.752. The van der Waals surface area contributed by atoms with Crippen molar-refractivity contribution in [3.63, 3.8) is 0 Å². The first-order valence-electron chi connectivity index (χ1n) is 5.57. The fourth-order valence-electron chi connectivity index (χ4n) is 2.00. The lowest BCUT2D eigenvalue weighted by atomic mass is 10.1. The van der Waals surface area contributed by atoms with Crippen LogP contribution in [0.15, 0.2) is 15.7 Å². The molecule has 1 N–H and O–H groups in total. The third kappa shape index (κ3) is 3.05. The fraction of sp³-hybridized carbons (Fsp3) is 0.700. The van der Waals surface area contributed by atoms with E-state index in [0.29, 0.717) is 18.0 Å². The van der Waals surface area contributed by atoms with Crippen molar-refractivity contribution < 1.29 is 13.2 Å². The number of ether oxygens (including phenoxy) is 1. The third-order valence-corrected chi connectivity index (χ3v) is 3.99. The Kier molecular flexibility index (Phi) is 3.50. The Balaban J connectivity index is 2.12. The van der Waals surface area contributed by atoms with E-state index in [1.165, 1.54) is 0 Å². The van der Waals surface area contributed by atoms with Gasteiger partial charge in [0.25, 0.3) is 0 Å².